The Morgan fingerprint density at radius 1 is 1.07 bits per heavy atom. The highest BCUT2D eigenvalue weighted by Gasteiger charge is 2.27. The second-order valence-electron chi connectivity index (χ2n) is 7.15. The van der Waals surface area contributed by atoms with E-state index in [2.05, 4.69) is 15.9 Å². The van der Waals surface area contributed by atoms with Crippen molar-refractivity contribution < 1.29 is 18.6 Å². The van der Waals surface area contributed by atoms with E-state index in [9.17, 15) is 13.9 Å². The van der Waals surface area contributed by atoms with E-state index in [0.29, 0.717) is 25.1 Å². The largest absolute Gasteiger partial charge is 0.494 e. The molecule has 1 heterocycles. The van der Waals surface area contributed by atoms with Crippen molar-refractivity contribution in [3.8, 4) is 5.75 Å². The van der Waals surface area contributed by atoms with Gasteiger partial charge in [-0.05, 0) is 25.5 Å². The average Bonchev–Trinajstić information content (AvgIpc) is 2.68. The van der Waals surface area contributed by atoms with Crippen LogP contribution in [0.15, 0.2) is 42.5 Å². The van der Waals surface area contributed by atoms with Crippen LogP contribution in [0.25, 0.3) is 0 Å². The molecule has 0 amide bonds. The lowest BCUT2D eigenvalue weighted by molar-refractivity contribution is 0.0489. The van der Waals surface area contributed by atoms with Gasteiger partial charge < -0.3 is 9.84 Å². The number of rotatable bonds is 8. The molecule has 0 saturated carbocycles. The molecule has 0 unspecified atom stereocenters. The molecule has 28 heavy (non-hydrogen) atoms. The number of ether oxygens (including phenoxy) is 1. The summed E-state index contributed by atoms with van der Waals surface area (Å²) in [5.41, 5.74) is 1.63. The highest BCUT2D eigenvalue weighted by Crippen LogP contribution is 2.24. The first-order valence-electron chi connectivity index (χ1n) is 9.82. The fourth-order valence-electron chi connectivity index (χ4n) is 3.77. The summed E-state index contributed by atoms with van der Waals surface area (Å²) >= 11 is 0. The van der Waals surface area contributed by atoms with Crippen molar-refractivity contribution >= 4 is 0 Å². The maximum Gasteiger partial charge on any atom is 0.130 e. The maximum atomic E-state index is 14.0. The van der Waals surface area contributed by atoms with Crippen LogP contribution < -0.4 is 4.74 Å². The summed E-state index contributed by atoms with van der Waals surface area (Å²) < 4.78 is 32.9. The molecule has 0 bridgehead atoms. The van der Waals surface area contributed by atoms with Crippen molar-refractivity contribution in [3.05, 3.63) is 65.2 Å². The number of nitrogens with zero attached hydrogens (tertiary/aromatic N) is 2. The van der Waals surface area contributed by atoms with Crippen LogP contribution in [0.4, 0.5) is 8.78 Å². The van der Waals surface area contributed by atoms with Gasteiger partial charge in [-0.15, -0.1) is 0 Å². The Morgan fingerprint density at radius 3 is 2.64 bits per heavy atom. The summed E-state index contributed by atoms with van der Waals surface area (Å²) in [6.45, 7) is 6.22. The van der Waals surface area contributed by atoms with Crippen molar-refractivity contribution in [1.29, 1.82) is 0 Å². The predicted molar refractivity (Wildman–Crippen MR) is 105 cm³/mol. The van der Waals surface area contributed by atoms with Gasteiger partial charge in [0.05, 0.1) is 6.61 Å². The molecule has 0 aromatic heterocycles. The first-order chi connectivity index (χ1) is 13.6. The highest BCUT2D eigenvalue weighted by atomic mass is 19.1. The maximum absolute atomic E-state index is 14.0. The van der Waals surface area contributed by atoms with Crippen molar-refractivity contribution in [3.63, 3.8) is 0 Å². The minimum Gasteiger partial charge on any atom is -0.494 e. The van der Waals surface area contributed by atoms with E-state index in [1.807, 2.05) is 25.1 Å². The number of hydrogen-bond acceptors (Lipinski definition) is 4. The molecule has 1 aliphatic rings. The van der Waals surface area contributed by atoms with Crippen molar-refractivity contribution in [2.45, 2.75) is 32.5 Å². The molecule has 1 aliphatic heterocycles. The quantitative estimate of drug-likeness (QED) is 0.749. The predicted octanol–water partition coefficient (Wildman–Crippen LogP) is 3.43. The zero-order chi connectivity index (χ0) is 19.9. The van der Waals surface area contributed by atoms with Crippen LogP contribution in [0.2, 0.25) is 0 Å². The third-order valence-electron chi connectivity index (χ3n) is 5.21. The van der Waals surface area contributed by atoms with Gasteiger partial charge in [0.25, 0.3) is 0 Å². The van der Waals surface area contributed by atoms with Gasteiger partial charge in [-0.2, -0.15) is 0 Å². The van der Waals surface area contributed by atoms with Crippen molar-refractivity contribution in [2.24, 2.45) is 0 Å². The molecule has 2 aromatic rings. The average molecular weight is 390 g/mol. The SMILES string of the molecule is CCOc1ccccc1CN1CCN(Cc2ccc(F)cc2F)C[C@@H]1CCO. The van der Waals surface area contributed by atoms with E-state index in [1.165, 1.54) is 12.1 Å². The normalized spacial score (nSPS) is 18.4. The minimum atomic E-state index is -0.558. The van der Waals surface area contributed by atoms with Crippen LogP contribution in [0.5, 0.6) is 5.75 Å². The molecule has 2 aromatic carbocycles. The molecular formula is C22H28F2N2O2. The van der Waals surface area contributed by atoms with E-state index >= 15 is 0 Å². The molecule has 6 heteroatoms. The van der Waals surface area contributed by atoms with Gasteiger partial charge in [0.2, 0.25) is 0 Å². The van der Waals surface area contributed by atoms with E-state index in [1.54, 1.807) is 0 Å². The molecule has 0 radical (unpaired) electrons. The van der Waals surface area contributed by atoms with E-state index < -0.39 is 11.6 Å². The van der Waals surface area contributed by atoms with Gasteiger partial charge >= 0.3 is 0 Å². The van der Waals surface area contributed by atoms with Crippen LogP contribution in [-0.2, 0) is 13.1 Å². The Labute approximate surface area is 165 Å². The summed E-state index contributed by atoms with van der Waals surface area (Å²) in [6, 6.07) is 11.9. The Morgan fingerprint density at radius 2 is 1.89 bits per heavy atom. The Kier molecular flexibility index (Phi) is 7.36. The fraction of sp³-hybridized carbons (Fsp3) is 0.455. The number of halogens is 2. The first-order valence-corrected chi connectivity index (χ1v) is 9.82. The van der Waals surface area contributed by atoms with Gasteiger partial charge in [0.15, 0.2) is 0 Å². The summed E-state index contributed by atoms with van der Waals surface area (Å²) in [7, 11) is 0. The fourth-order valence-corrected chi connectivity index (χ4v) is 3.77. The summed E-state index contributed by atoms with van der Waals surface area (Å²) in [5.74, 6) is -0.174. The Hall–Kier alpha value is -2.02. The van der Waals surface area contributed by atoms with Crippen LogP contribution in [-0.4, -0.2) is 53.8 Å². The number of aliphatic hydroxyl groups is 1. The lowest BCUT2D eigenvalue weighted by atomic mass is 10.1. The lowest BCUT2D eigenvalue weighted by Crippen LogP contribution is -2.52. The summed E-state index contributed by atoms with van der Waals surface area (Å²) in [5, 5.41) is 9.52. The first kappa shape index (κ1) is 20.7. The van der Waals surface area contributed by atoms with Gasteiger partial charge in [0.1, 0.15) is 17.4 Å². The topological polar surface area (TPSA) is 35.9 Å². The van der Waals surface area contributed by atoms with Crippen molar-refractivity contribution in [1.82, 2.24) is 9.80 Å². The smallest absolute Gasteiger partial charge is 0.130 e. The monoisotopic (exact) mass is 390 g/mol. The van der Waals surface area contributed by atoms with Crippen molar-refractivity contribution in [2.75, 3.05) is 32.8 Å². The number of para-hydroxylation sites is 1. The molecule has 0 aliphatic carbocycles. The third-order valence-corrected chi connectivity index (χ3v) is 5.21. The number of piperazine rings is 1. The van der Waals surface area contributed by atoms with E-state index in [0.717, 1.165) is 43.6 Å². The summed E-state index contributed by atoms with van der Waals surface area (Å²) in [4.78, 5) is 4.52. The molecule has 4 nitrogen and oxygen atoms in total. The molecule has 1 saturated heterocycles. The molecule has 1 fully saturated rings. The zero-order valence-corrected chi connectivity index (χ0v) is 16.3. The lowest BCUT2D eigenvalue weighted by Gasteiger charge is -2.41. The van der Waals surface area contributed by atoms with Crippen LogP contribution in [0.1, 0.15) is 24.5 Å². The second kappa shape index (κ2) is 9.96. The van der Waals surface area contributed by atoms with Crippen LogP contribution >= 0.6 is 0 Å². The van der Waals surface area contributed by atoms with Gasteiger partial charge in [-0.25, -0.2) is 8.78 Å². The Bertz CT molecular complexity index is 772. The molecule has 0 spiro atoms. The van der Waals surface area contributed by atoms with E-state index in [-0.39, 0.29) is 12.6 Å². The van der Waals surface area contributed by atoms with Crippen LogP contribution in [0.3, 0.4) is 0 Å². The second-order valence-corrected chi connectivity index (χ2v) is 7.15. The minimum absolute atomic E-state index is 0.104. The van der Waals surface area contributed by atoms with Gasteiger partial charge in [-0.3, -0.25) is 9.80 Å². The third kappa shape index (κ3) is 5.28. The summed E-state index contributed by atoms with van der Waals surface area (Å²) in [6.07, 6.45) is 0.652. The molecule has 152 valence electrons. The zero-order valence-electron chi connectivity index (χ0n) is 16.3. The van der Waals surface area contributed by atoms with Gasteiger partial charge in [0, 0.05) is 62.6 Å². The van der Waals surface area contributed by atoms with Crippen LogP contribution in [0, 0.1) is 11.6 Å². The number of benzene rings is 2. The van der Waals surface area contributed by atoms with Gasteiger partial charge in [-0.1, -0.05) is 24.3 Å². The highest BCUT2D eigenvalue weighted by molar-refractivity contribution is 5.33. The molecule has 1 atom stereocenters. The standard InChI is InChI=1S/C22H28F2N2O2/c1-2-28-22-6-4-3-5-18(22)15-26-11-10-25(16-20(26)9-12-27)14-17-7-8-19(23)13-21(17)24/h3-8,13,20,27H,2,9-12,14-16H2,1H3/t20-/m0/s1. The molecular weight excluding hydrogens is 362 g/mol. The molecule has 1 N–H and O–H groups in total. The Balaban J connectivity index is 1.67. The molecule has 3 rings (SSSR count). The number of aliphatic hydroxyl groups excluding tert-OH is 1. The number of hydrogen-bond donors (Lipinski definition) is 1. The van der Waals surface area contributed by atoms with E-state index in [4.69, 9.17) is 4.74 Å².